The molecule has 2 rings (SSSR count). The number of azo groups is 1. The third kappa shape index (κ3) is 3.49. The highest BCUT2D eigenvalue weighted by Crippen LogP contribution is 2.28. The quantitative estimate of drug-likeness (QED) is 0.509. The molecule has 0 saturated carbocycles. The van der Waals surface area contributed by atoms with Crippen molar-refractivity contribution in [3.05, 3.63) is 47.0 Å². The Morgan fingerprint density at radius 3 is 2.27 bits per heavy atom. The van der Waals surface area contributed by atoms with Crippen LogP contribution in [0.5, 0.6) is 0 Å². The van der Waals surface area contributed by atoms with Gasteiger partial charge in [-0.25, -0.2) is 0 Å². The Morgan fingerprint density at radius 1 is 0.955 bits per heavy atom. The predicted molar refractivity (Wildman–Crippen MR) is 85.5 cm³/mol. The molecule has 0 fully saturated rings. The van der Waals surface area contributed by atoms with Crippen LogP contribution in [0.25, 0.3) is 0 Å². The number of rotatable bonds is 3. The first-order valence-corrected chi connectivity index (χ1v) is 7.99. The summed E-state index contributed by atoms with van der Waals surface area (Å²) in [7, 11) is -4.28. The van der Waals surface area contributed by atoms with Crippen LogP contribution >= 0.6 is 0 Å². The summed E-state index contributed by atoms with van der Waals surface area (Å²) in [6.45, 7) is 5.33. The second-order valence-corrected chi connectivity index (χ2v) is 6.51. The zero-order valence-electron chi connectivity index (χ0n) is 12.5. The summed E-state index contributed by atoms with van der Waals surface area (Å²) in [6, 6.07) is 8.10. The third-order valence-corrected chi connectivity index (χ3v) is 4.30. The molecule has 0 atom stereocenters. The largest absolute Gasteiger partial charge is 0.399 e. The van der Waals surface area contributed by atoms with Crippen molar-refractivity contribution in [1.29, 1.82) is 0 Å². The van der Waals surface area contributed by atoms with Crippen LogP contribution in [0.1, 0.15) is 16.7 Å². The molecule has 0 spiro atoms. The fourth-order valence-corrected chi connectivity index (χ4v) is 2.72. The lowest BCUT2D eigenvalue weighted by atomic mass is 10.1. The molecule has 2 aromatic carbocycles. The molecule has 0 unspecified atom stereocenters. The molecule has 0 amide bonds. The number of anilines is 1. The third-order valence-electron chi connectivity index (χ3n) is 3.31. The smallest absolute Gasteiger partial charge is 0.294 e. The van der Waals surface area contributed by atoms with Crippen molar-refractivity contribution in [2.24, 2.45) is 10.2 Å². The van der Waals surface area contributed by atoms with E-state index in [0.29, 0.717) is 22.6 Å². The molecule has 2 aromatic rings. The van der Waals surface area contributed by atoms with E-state index in [-0.39, 0.29) is 4.90 Å². The monoisotopic (exact) mass is 319 g/mol. The number of nitrogens with zero attached hydrogens (tertiary/aromatic N) is 2. The molecule has 0 aliphatic rings. The molecule has 0 aliphatic heterocycles. The maximum Gasteiger partial charge on any atom is 0.294 e. The molecule has 0 bridgehead atoms. The maximum absolute atomic E-state index is 11.3. The number of nitrogen functional groups attached to an aromatic ring is 1. The van der Waals surface area contributed by atoms with Crippen LogP contribution in [0.4, 0.5) is 17.1 Å². The summed E-state index contributed by atoms with van der Waals surface area (Å²) in [5.74, 6) is 0. The number of aryl methyl sites for hydroxylation is 3. The fourth-order valence-electron chi connectivity index (χ4n) is 1.97. The Hall–Kier alpha value is -2.25. The van der Waals surface area contributed by atoms with E-state index >= 15 is 0 Å². The van der Waals surface area contributed by atoms with Crippen molar-refractivity contribution in [3.8, 4) is 0 Å². The summed E-state index contributed by atoms with van der Waals surface area (Å²) in [6.07, 6.45) is 0. The van der Waals surface area contributed by atoms with E-state index in [0.717, 1.165) is 11.1 Å². The summed E-state index contributed by atoms with van der Waals surface area (Å²) in [5.41, 5.74) is 9.69. The van der Waals surface area contributed by atoms with E-state index in [4.69, 9.17) is 5.73 Å². The van der Waals surface area contributed by atoms with Gasteiger partial charge in [0.15, 0.2) is 0 Å². The van der Waals surface area contributed by atoms with E-state index in [1.807, 2.05) is 26.0 Å². The first-order chi connectivity index (χ1) is 10.2. The van der Waals surface area contributed by atoms with Crippen molar-refractivity contribution in [2.45, 2.75) is 25.7 Å². The highest BCUT2D eigenvalue weighted by molar-refractivity contribution is 7.85. The number of hydrogen-bond acceptors (Lipinski definition) is 5. The molecule has 0 radical (unpaired) electrons. The molecule has 7 heteroatoms. The van der Waals surface area contributed by atoms with Gasteiger partial charge in [-0.15, -0.1) is 0 Å². The zero-order chi connectivity index (χ0) is 16.5. The van der Waals surface area contributed by atoms with Gasteiger partial charge in [-0.05, 0) is 61.7 Å². The fraction of sp³-hybridized carbons (Fsp3) is 0.200. The van der Waals surface area contributed by atoms with Gasteiger partial charge < -0.3 is 5.73 Å². The average molecular weight is 319 g/mol. The summed E-state index contributed by atoms with van der Waals surface area (Å²) >= 11 is 0. The number of nitrogens with two attached hydrogens (primary N) is 1. The Kier molecular flexibility index (Phi) is 4.30. The van der Waals surface area contributed by atoms with Crippen molar-refractivity contribution >= 4 is 27.2 Å². The van der Waals surface area contributed by atoms with Gasteiger partial charge in [-0.1, -0.05) is 6.07 Å². The van der Waals surface area contributed by atoms with Gasteiger partial charge in [0.2, 0.25) is 0 Å². The molecule has 0 saturated heterocycles. The van der Waals surface area contributed by atoms with Gasteiger partial charge in [0.25, 0.3) is 10.1 Å². The standard InChI is InChI=1S/C15H17N3O3S/c1-9-4-5-12(8-15(9)22(19,20)21)17-18-14-7-10(2)13(16)6-11(14)3/h4-8H,16H2,1-3H3,(H,19,20,21). The molecule has 22 heavy (non-hydrogen) atoms. The van der Waals surface area contributed by atoms with Crippen molar-refractivity contribution in [3.63, 3.8) is 0 Å². The topological polar surface area (TPSA) is 105 Å². The van der Waals surface area contributed by atoms with Crippen LogP contribution in [-0.4, -0.2) is 13.0 Å². The minimum Gasteiger partial charge on any atom is -0.399 e. The maximum atomic E-state index is 11.3. The first kappa shape index (κ1) is 16.1. The normalized spacial score (nSPS) is 12.0. The SMILES string of the molecule is Cc1cc(N=Nc2ccc(C)c(S(=O)(=O)O)c2)c(C)cc1N. The van der Waals surface area contributed by atoms with Crippen molar-refractivity contribution in [2.75, 3.05) is 5.73 Å². The predicted octanol–water partition coefficient (Wildman–Crippen LogP) is 3.86. The first-order valence-electron chi connectivity index (χ1n) is 6.55. The van der Waals surface area contributed by atoms with Crippen LogP contribution < -0.4 is 5.73 Å². The Bertz CT molecular complexity index is 859. The van der Waals surface area contributed by atoms with Gasteiger partial charge in [-0.2, -0.15) is 18.6 Å². The number of hydrogen-bond donors (Lipinski definition) is 2. The molecule has 0 aliphatic carbocycles. The Balaban J connectivity index is 2.41. The number of benzene rings is 2. The lowest BCUT2D eigenvalue weighted by molar-refractivity contribution is 0.482. The lowest BCUT2D eigenvalue weighted by Crippen LogP contribution is -2.00. The van der Waals surface area contributed by atoms with Crippen molar-refractivity contribution in [1.82, 2.24) is 0 Å². The minimum absolute atomic E-state index is 0.172. The molecular weight excluding hydrogens is 302 g/mol. The Labute approximate surface area is 129 Å². The van der Waals surface area contributed by atoms with Gasteiger partial charge in [0.05, 0.1) is 16.3 Å². The molecule has 3 N–H and O–H groups in total. The highest BCUT2D eigenvalue weighted by Gasteiger charge is 2.13. The second kappa shape index (κ2) is 5.86. The van der Waals surface area contributed by atoms with Crippen molar-refractivity contribution < 1.29 is 13.0 Å². The van der Waals surface area contributed by atoms with Crippen LogP contribution in [0.3, 0.4) is 0 Å². The summed E-state index contributed by atoms with van der Waals surface area (Å²) in [4.78, 5) is -0.172. The molecule has 6 nitrogen and oxygen atoms in total. The van der Waals surface area contributed by atoms with Crippen LogP contribution in [0.15, 0.2) is 45.5 Å². The van der Waals surface area contributed by atoms with E-state index in [9.17, 15) is 13.0 Å². The molecule has 0 heterocycles. The Morgan fingerprint density at radius 2 is 1.64 bits per heavy atom. The van der Waals surface area contributed by atoms with Gasteiger partial charge in [0, 0.05) is 5.69 Å². The van der Waals surface area contributed by atoms with Crippen LogP contribution in [0, 0.1) is 20.8 Å². The molecular formula is C15H17N3O3S. The highest BCUT2D eigenvalue weighted by atomic mass is 32.2. The van der Waals surface area contributed by atoms with E-state index in [2.05, 4.69) is 10.2 Å². The lowest BCUT2D eigenvalue weighted by Gasteiger charge is -2.05. The summed E-state index contributed by atoms with van der Waals surface area (Å²) < 4.78 is 31.7. The average Bonchev–Trinajstić information content (AvgIpc) is 2.41. The molecule has 0 aromatic heterocycles. The zero-order valence-corrected chi connectivity index (χ0v) is 13.3. The second-order valence-electron chi connectivity index (χ2n) is 5.12. The van der Waals surface area contributed by atoms with Crippen LogP contribution in [-0.2, 0) is 10.1 Å². The minimum atomic E-state index is -4.28. The molecule has 116 valence electrons. The van der Waals surface area contributed by atoms with Gasteiger partial charge >= 0.3 is 0 Å². The van der Waals surface area contributed by atoms with Gasteiger partial charge in [0.1, 0.15) is 0 Å². The van der Waals surface area contributed by atoms with E-state index < -0.39 is 10.1 Å². The van der Waals surface area contributed by atoms with Crippen LogP contribution in [0.2, 0.25) is 0 Å². The van der Waals surface area contributed by atoms with E-state index in [1.54, 1.807) is 19.1 Å². The summed E-state index contributed by atoms with van der Waals surface area (Å²) in [5, 5.41) is 8.16. The van der Waals surface area contributed by atoms with Gasteiger partial charge in [-0.3, -0.25) is 4.55 Å². The van der Waals surface area contributed by atoms with E-state index in [1.165, 1.54) is 6.07 Å².